The zero-order valence-corrected chi connectivity index (χ0v) is 18.6. The maximum atomic E-state index is 12.5. The Morgan fingerprint density at radius 3 is 2.54 bits per heavy atom. The van der Waals surface area contributed by atoms with Gasteiger partial charge < -0.3 is 49.2 Å². The molecule has 2 saturated heterocycles. The summed E-state index contributed by atoms with van der Waals surface area (Å²) < 4.78 is 28.3. The van der Waals surface area contributed by atoms with E-state index in [1.165, 1.54) is 12.3 Å². The van der Waals surface area contributed by atoms with Crippen molar-refractivity contribution in [2.24, 2.45) is 11.8 Å². The Morgan fingerprint density at radius 1 is 1.06 bits per heavy atom. The minimum Gasteiger partial charge on any atom is -0.472 e. The molecule has 1 aromatic rings. The van der Waals surface area contributed by atoms with Gasteiger partial charge in [-0.15, -0.1) is 0 Å². The topological polar surface area (TPSA) is 168 Å². The lowest BCUT2D eigenvalue weighted by molar-refractivity contribution is -0.344. The monoisotopic (exact) mass is 492 g/mol. The van der Waals surface area contributed by atoms with Crippen LogP contribution < -0.4 is 0 Å². The number of rotatable bonds is 7. The van der Waals surface area contributed by atoms with Crippen molar-refractivity contribution in [3.05, 3.63) is 54.3 Å². The van der Waals surface area contributed by atoms with Crippen molar-refractivity contribution >= 4 is 12.0 Å². The zero-order valence-electron chi connectivity index (χ0n) is 18.6. The Labute approximate surface area is 200 Å². The van der Waals surface area contributed by atoms with Crippen molar-refractivity contribution in [1.29, 1.82) is 0 Å². The number of carbonyl (C=O) groups excluding carboxylic acids is 1. The van der Waals surface area contributed by atoms with E-state index in [2.05, 4.69) is 0 Å². The van der Waals surface area contributed by atoms with Crippen LogP contribution in [0.15, 0.2) is 48.7 Å². The van der Waals surface area contributed by atoms with Crippen LogP contribution in [-0.4, -0.2) is 99.5 Å². The van der Waals surface area contributed by atoms with Gasteiger partial charge in [0, 0.05) is 12.0 Å². The van der Waals surface area contributed by atoms with Crippen LogP contribution in [-0.2, 0) is 28.5 Å². The summed E-state index contributed by atoms with van der Waals surface area (Å²) in [6, 6.07) is 9.26. The molecule has 190 valence electrons. The summed E-state index contributed by atoms with van der Waals surface area (Å²) in [4.78, 5) is 12.5. The fourth-order valence-electron chi connectivity index (χ4n) is 5.19. The molecule has 35 heavy (non-hydrogen) atoms. The van der Waals surface area contributed by atoms with E-state index in [0.29, 0.717) is 0 Å². The van der Waals surface area contributed by atoms with Gasteiger partial charge >= 0.3 is 5.97 Å². The largest absolute Gasteiger partial charge is 0.472 e. The molecule has 11 atom stereocenters. The Balaban J connectivity index is 1.31. The molecule has 0 spiro atoms. The number of hydrogen-bond donors (Lipinski definition) is 5. The predicted molar refractivity (Wildman–Crippen MR) is 116 cm³/mol. The summed E-state index contributed by atoms with van der Waals surface area (Å²) in [5, 5.41) is 50.0. The van der Waals surface area contributed by atoms with Crippen molar-refractivity contribution in [2.75, 3.05) is 13.2 Å². The summed E-state index contributed by atoms with van der Waals surface area (Å²) in [7, 11) is 0. The molecule has 0 unspecified atom stereocenters. The van der Waals surface area contributed by atoms with Gasteiger partial charge in [-0.2, -0.15) is 0 Å². The first-order chi connectivity index (χ1) is 16.9. The zero-order chi connectivity index (χ0) is 24.7. The van der Waals surface area contributed by atoms with Crippen LogP contribution in [0, 0.1) is 11.8 Å². The SMILES string of the molecule is O=C(/C=C/c1ccccc1)O[C@H]1[C@@H]2C=CO[C@@H](O[C@@H]3O[C@H](CO)[C@@H](O)[C@H](O)[C@H]3O)[C@@H]2[C@@]2(CO)O[C@@H]12. The van der Waals surface area contributed by atoms with Crippen LogP contribution in [0.4, 0.5) is 0 Å². The molecule has 0 bridgehead atoms. The minimum absolute atomic E-state index is 0.390. The molecule has 1 saturated carbocycles. The molecule has 0 aromatic heterocycles. The van der Waals surface area contributed by atoms with Crippen LogP contribution in [0.2, 0.25) is 0 Å². The third-order valence-corrected chi connectivity index (χ3v) is 7.06. The number of esters is 1. The smallest absolute Gasteiger partial charge is 0.331 e. The second kappa shape index (κ2) is 9.60. The quantitative estimate of drug-likeness (QED) is 0.174. The van der Waals surface area contributed by atoms with Gasteiger partial charge in [-0.25, -0.2) is 4.79 Å². The van der Waals surface area contributed by atoms with Gasteiger partial charge in [0.15, 0.2) is 6.29 Å². The van der Waals surface area contributed by atoms with Crippen molar-refractivity contribution in [2.45, 2.75) is 54.8 Å². The molecule has 3 fully saturated rings. The summed E-state index contributed by atoms with van der Waals surface area (Å²) in [5.41, 5.74) is -0.262. The van der Waals surface area contributed by atoms with Crippen molar-refractivity contribution in [3.8, 4) is 0 Å². The van der Waals surface area contributed by atoms with Gasteiger partial charge in [-0.3, -0.25) is 0 Å². The van der Waals surface area contributed by atoms with Gasteiger partial charge in [0.2, 0.25) is 6.29 Å². The van der Waals surface area contributed by atoms with E-state index in [-0.39, 0.29) is 0 Å². The number of aliphatic hydroxyl groups excluding tert-OH is 5. The van der Waals surface area contributed by atoms with E-state index in [9.17, 15) is 30.3 Å². The molecular formula is C24H28O11. The van der Waals surface area contributed by atoms with Crippen LogP contribution in [0.1, 0.15) is 5.56 Å². The molecule has 4 aliphatic rings. The van der Waals surface area contributed by atoms with Crippen molar-refractivity contribution in [3.63, 3.8) is 0 Å². The molecule has 11 heteroatoms. The molecule has 3 heterocycles. The van der Waals surface area contributed by atoms with Gasteiger partial charge in [-0.05, 0) is 17.7 Å². The van der Waals surface area contributed by atoms with Gasteiger partial charge in [0.1, 0.15) is 42.2 Å². The number of benzene rings is 1. The maximum absolute atomic E-state index is 12.5. The second-order valence-corrected chi connectivity index (χ2v) is 9.07. The molecule has 1 aromatic carbocycles. The number of aliphatic hydroxyl groups is 5. The maximum Gasteiger partial charge on any atom is 0.331 e. The highest BCUT2D eigenvalue weighted by Crippen LogP contribution is 2.60. The molecule has 5 rings (SSSR count). The highest BCUT2D eigenvalue weighted by atomic mass is 16.8. The second-order valence-electron chi connectivity index (χ2n) is 9.07. The van der Waals surface area contributed by atoms with Crippen LogP contribution >= 0.6 is 0 Å². The van der Waals surface area contributed by atoms with E-state index in [4.69, 9.17) is 23.7 Å². The van der Waals surface area contributed by atoms with Gasteiger partial charge in [0.05, 0.1) is 25.4 Å². The number of fused-ring (bicyclic) bond motifs is 3. The Kier molecular flexibility index (Phi) is 6.68. The lowest BCUT2D eigenvalue weighted by atomic mass is 9.85. The fourth-order valence-corrected chi connectivity index (χ4v) is 5.19. The average Bonchev–Trinajstić information content (AvgIpc) is 3.56. The Bertz CT molecular complexity index is 965. The number of carbonyl (C=O) groups is 1. The van der Waals surface area contributed by atoms with Gasteiger partial charge in [-0.1, -0.05) is 30.3 Å². The fraction of sp³-hybridized carbons (Fsp3) is 0.542. The summed E-state index contributed by atoms with van der Waals surface area (Å²) in [5.74, 6) is -1.64. The molecule has 1 aliphatic carbocycles. The van der Waals surface area contributed by atoms with E-state index in [1.807, 2.05) is 30.3 Å². The van der Waals surface area contributed by atoms with Crippen molar-refractivity contribution in [1.82, 2.24) is 0 Å². The predicted octanol–water partition coefficient (Wildman–Crippen LogP) is -1.33. The molecule has 0 radical (unpaired) electrons. The minimum atomic E-state index is -1.63. The third-order valence-electron chi connectivity index (χ3n) is 7.06. The molecule has 5 N–H and O–H groups in total. The molecule has 0 amide bonds. The Hall–Kier alpha value is -2.35. The van der Waals surface area contributed by atoms with Crippen LogP contribution in [0.25, 0.3) is 6.08 Å². The van der Waals surface area contributed by atoms with Gasteiger partial charge in [0.25, 0.3) is 0 Å². The first-order valence-corrected chi connectivity index (χ1v) is 11.4. The van der Waals surface area contributed by atoms with Crippen LogP contribution in [0.5, 0.6) is 0 Å². The standard InChI is InChI=1S/C24H28O11/c25-10-14-17(28)18(29)19(30)23(32-14)34-22-16-13(8-9-31-22)20(21-24(16,11-26)35-21)33-15(27)7-6-12-4-2-1-3-5-12/h1-9,13-14,16-23,25-26,28-30H,10-11H2/b7-6+/t13-,14-,16-,17-,18+,19-,20+,21+,22+,23+,24-/m1/s1. The number of hydrogen-bond acceptors (Lipinski definition) is 11. The van der Waals surface area contributed by atoms with E-state index in [1.54, 1.807) is 12.2 Å². The van der Waals surface area contributed by atoms with E-state index >= 15 is 0 Å². The van der Waals surface area contributed by atoms with E-state index < -0.39 is 85.8 Å². The highest BCUT2D eigenvalue weighted by molar-refractivity contribution is 5.87. The number of ether oxygens (including phenoxy) is 5. The number of epoxide rings is 1. The van der Waals surface area contributed by atoms with Crippen LogP contribution in [0.3, 0.4) is 0 Å². The first kappa shape index (κ1) is 24.3. The molecular weight excluding hydrogens is 464 g/mol. The Morgan fingerprint density at radius 2 is 1.83 bits per heavy atom. The van der Waals surface area contributed by atoms with Crippen molar-refractivity contribution < 1.29 is 54.0 Å². The lowest BCUT2D eigenvalue weighted by Crippen LogP contribution is -2.60. The first-order valence-electron chi connectivity index (χ1n) is 11.4. The summed E-state index contributed by atoms with van der Waals surface area (Å²) in [6.07, 6.45) is -3.78. The third kappa shape index (κ3) is 4.28. The highest BCUT2D eigenvalue weighted by Gasteiger charge is 2.77. The lowest BCUT2D eigenvalue weighted by Gasteiger charge is -2.43. The normalized spacial score (nSPS) is 43.9. The summed E-state index contributed by atoms with van der Waals surface area (Å²) >= 11 is 0. The summed E-state index contributed by atoms with van der Waals surface area (Å²) in [6.45, 7) is -0.999. The average molecular weight is 492 g/mol. The molecule has 11 nitrogen and oxygen atoms in total. The molecule has 3 aliphatic heterocycles. The van der Waals surface area contributed by atoms with E-state index in [0.717, 1.165) is 5.56 Å².